The molecule has 18 heteroatoms. The summed E-state index contributed by atoms with van der Waals surface area (Å²) in [4.78, 5) is 59.5. The first-order valence-corrected chi connectivity index (χ1v) is 19.8. The Labute approximate surface area is 345 Å². The Morgan fingerprint density at radius 1 is 1.00 bits per heavy atom. The number of alkyl halides is 3. The molecule has 2 amide bonds. The predicted molar refractivity (Wildman–Crippen MR) is 215 cm³/mol. The highest BCUT2D eigenvalue weighted by molar-refractivity contribution is 6.33. The van der Waals surface area contributed by atoms with Crippen molar-refractivity contribution in [1.82, 2.24) is 34.0 Å². The summed E-state index contributed by atoms with van der Waals surface area (Å²) < 4.78 is 54.7. The van der Waals surface area contributed by atoms with Gasteiger partial charge in [-0.15, -0.1) is 5.10 Å². The Morgan fingerprint density at radius 2 is 1.78 bits per heavy atom. The first-order valence-electron chi connectivity index (χ1n) is 19.4. The zero-order valence-electron chi connectivity index (χ0n) is 32.2. The van der Waals surface area contributed by atoms with Gasteiger partial charge in [-0.25, -0.2) is 9.97 Å². The van der Waals surface area contributed by atoms with Gasteiger partial charge in [0, 0.05) is 44.1 Å². The summed E-state index contributed by atoms with van der Waals surface area (Å²) >= 11 is 6.21. The second-order valence-corrected chi connectivity index (χ2v) is 15.3. The Morgan fingerprint density at radius 3 is 2.52 bits per heavy atom. The van der Waals surface area contributed by atoms with Crippen LogP contribution in [-0.2, 0) is 30.5 Å². The predicted octanol–water partition coefficient (Wildman–Crippen LogP) is 6.32. The molecule has 1 N–H and O–H groups in total. The first-order chi connectivity index (χ1) is 28.9. The second kappa shape index (κ2) is 15.6. The van der Waals surface area contributed by atoms with Crippen molar-refractivity contribution in [3.63, 3.8) is 0 Å². The van der Waals surface area contributed by atoms with Crippen LogP contribution < -0.4 is 25.2 Å². The lowest BCUT2D eigenvalue weighted by atomic mass is 10.1. The zero-order valence-corrected chi connectivity index (χ0v) is 33.0. The number of ether oxygens (including phenoxy) is 2. The lowest BCUT2D eigenvalue weighted by Crippen LogP contribution is -2.51. The van der Waals surface area contributed by atoms with Gasteiger partial charge in [0.2, 0.25) is 11.7 Å². The highest BCUT2D eigenvalue weighted by atomic mass is 35.5. The summed E-state index contributed by atoms with van der Waals surface area (Å²) in [6.07, 6.45) is -1.08. The highest BCUT2D eigenvalue weighted by Crippen LogP contribution is 2.44. The highest BCUT2D eigenvalue weighted by Gasteiger charge is 2.37. The minimum Gasteiger partial charge on any atom is -0.493 e. The number of hydrogen-bond donors (Lipinski definition) is 1. The van der Waals surface area contributed by atoms with E-state index in [4.69, 9.17) is 26.1 Å². The van der Waals surface area contributed by atoms with E-state index in [-0.39, 0.29) is 79.2 Å². The number of aromatic nitrogens is 6. The molecule has 0 bridgehead atoms. The molecule has 1 saturated heterocycles. The minimum absolute atomic E-state index is 0.00395. The number of aryl methyl sites for hydroxylation is 1. The van der Waals surface area contributed by atoms with Gasteiger partial charge in [0.05, 0.1) is 34.3 Å². The largest absolute Gasteiger partial charge is 0.493 e. The topological polar surface area (TPSA) is 149 Å². The molecule has 2 aliphatic heterocycles. The monoisotopic (exact) mass is 839 g/mol. The Hall–Kier alpha value is -6.49. The van der Waals surface area contributed by atoms with Crippen LogP contribution in [0.5, 0.6) is 11.5 Å². The van der Waals surface area contributed by atoms with Gasteiger partial charge >= 0.3 is 6.18 Å². The fraction of sp³-hybridized carbons (Fsp3) is 0.310. The number of carbonyl (C=O) groups excluding carboxylic acids is 2. The average Bonchev–Trinajstić information content (AvgIpc) is 3.79. The van der Waals surface area contributed by atoms with Crippen LogP contribution in [0.3, 0.4) is 0 Å². The van der Waals surface area contributed by atoms with Crippen molar-refractivity contribution in [2.75, 3.05) is 43.0 Å². The maximum absolute atomic E-state index is 14.7. The summed E-state index contributed by atoms with van der Waals surface area (Å²) in [6.45, 7) is 3.21. The van der Waals surface area contributed by atoms with Crippen LogP contribution in [-0.4, -0.2) is 78.6 Å². The molecule has 60 heavy (non-hydrogen) atoms. The first kappa shape index (κ1) is 39.0. The van der Waals surface area contributed by atoms with Crippen molar-refractivity contribution >= 4 is 40.6 Å². The zero-order chi connectivity index (χ0) is 41.7. The van der Waals surface area contributed by atoms with Crippen LogP contribution in [0.1, 0.15) is 57.3 Å². The van der Waals surface area contributed by atoms with E-state index in [1.807, 2.05) is 53.4 Å². The van der Waals surface area contributed by atoms with Crippen molar-refractivity contribution in [2.45, 2.75) is 51.4 Å². The molecular formula is C42H37ClF3N9O5. The van der Waals surface area contributed by atoms with E-state index in [1.165, 1.54) is 10.8 Å². The van der Waals surface area contributed by atoms with Gasteiger partial charge in [-0.3, -0.25) is 14.4 Å². The third-order valence-corrected chi connectivity index (χ3v) is 11.2. The molecule has 5 heterocycles. The van der Waals surface area contributed by atoms with Crippen LogP contribution in [0.2, 0.25) is 5.02 Å². The summed E-state index contributed by atoms with van der Waals surface area (Å²) in [6, 6.07) is 17.8. The summed E-state index contributed by atoms with van der Waals surface area (Å²) in [7, 11) is 0. The number of halogens is 4. The Kier molecular flexibility index (Phi) is 10.1. The third-order valence-electron chi connectivity index (χ3n) is 10.8. The SMILES string of the molecule is Cc1ncnc(C(=O)N2CCN(c3c(C4CC4)n(CC(=O)Nc4ccc(C(F)(F)F)cc4Cl)c4nc(-c5ccc6c(c5)CCO6)nn4c3=O)CC2)c1OCc1ccccc1. The normalized spacial score (nSPS) is 15.2. The molecule has 1 saturated carbocycles. The molecule has 6 aromatic rings. The van der Waals surface area contributed by atoms with Crippen LogP contribution in [0.4, 0.5) is 24.5 Å². The lowest BCUT2D eigenvalue weighted by Gasteiger charge is -2.37. The summed E-state index contributed by atoms with van der Waals surface area (Å²) in [5, 5.41) is 7.04. The molecule has 3 aromatic heterocycles. The van der Waals surface area contributed by atoms with E-state index in [2.05, 4.69) is 20.4 Å². The number of nitrogens with one attached hydrogen (secondary N) is 1. The van der Waals surface area contributed by atoms with Gasteiger partial charge in [-0.2, -0.15) is 22.7 Å². The number of benzene rings is 3. The summed E-state index contributed by atoms with van der Waals surface area (Å²) in [5.41, 5.74) is 2.76. The van der Waals surface area contributed by atoms with Gasteiger partial charge in [0.25, 0.3) is 11.5 Å². The van der Waals surface area contributed by atoms with Crippen molar-refractivity contribution < 1.29 is 32.2 Å². The standard InChI is InChI=1S/C42H37ClF3N9O5/c1-24-37(60-22-25-5-3-2-4-6-25)34(48-23-47-24)39(57)53-16-14-52(15-17-53)36-35(26-7-8-26)54(21-33(56)49-31-11-10-29(20-30(31)43)42(44,45)46)41-50-38(51-55(41)40(36)58)28-9-12-32-27(19-28)13-18-59-32/h2-6,9-12,19-20,23,26H,7-8,13-18,21-22H2,1H3,(H,49,56). The number of anilines is 2. The second-order valence-electron chi connectivity index (χ2n) is 14.9. The molecular weight excluding hydrogens is 803 g/mol. The average molecular weight is 840 g/mol. The molecule has 2 fully saturated rings. The van der Waals surface area contributed by atoms with Gasteiger partial charge in [-0.1, -0.05) is 41.9 Å². The Bertz CT molecular complexity index is 2710. The smallest absolute Gasteiger partial charge is 0.416 e. The molecule has 1 aliphatic carbocycles. The molecule has 3 aliphatic rings. The van der Waals surface area contributed by atoms with Gasteiger partial charge in [0.15, 0.2) is 17.3 Å². The lowest BCUT2D eigenvalue weighted by molar-refractivity contribution is -0.137. The summed E-state index contributed by atoms with van der Waals surface area (Å²) in [5.74, 6) is 0.427. The van der Waals surface area contributed by atoms with Crippen LogP contribution in [0.15, 0.2) is 77.9 Å². The van der Waals surface area contributed by atoms with Gasteiger partial charge in [-0.05, 0) is 67.3 Å². The van der Waals surface area contributed by atoms with Crippen molar-refractivity contribution in [1.29, 1.82) is 0 Å². The van der Waals surface area contributed by atoms with E-state index in [9.17, 15) is 27.6 Å². The van der Waals surface area contributed by atoms with Gasteiger partial charge in [0.1, 0.15) is 30.9 Å². The number of amides is 2. The number of nitrogens with zero attached hydrogens (tertiary/aromatic N) is 8. The Balaban J connectivity index is 1.04. The molecule has 308 valence electrons. The van der Waals surface area contributed by atoms with E-state index in [0.29, 0.717) is 41.4 Å². The maximum atomic E-state index is 14.7. The molecule has 0 atom stereocenters. The third kappa shape index (κ3) is 7.60. The van der Waals surface area contributed by atoms with E-state index in [0.717, 1.165) is 47.9 Å². The molecule has 0 spiro atoms. The fourth-order valence-electron chi connectivity index (χ4n) is 7.66. The number of hydrogen-bond acceptors (Lipinski definition) is 10. The van der Waals surface area contributed by atoms with Gasteiger partial charge < -0.3 is 29.2 Å². The van der Waals surface area contributed by atoms with Crippen LogP contribution >= 0.6 is 11.6 Å². The molecule has 14 nitrogen and oxygen atoms in total. The van der Waals surface area contributed by atoms with E-state index in [1.54, 1.807) is 16.4 Å². The molecule has 0 unspecified atom stereocenters. The fourth-order valence-corrected chi connectivity index (χ4v) is 7.89. The van der Waals surface area contributed by atoms with Crippen molar-refractivity contribution in [3.05, 3.63) is 122 Å². The van der Waals surface area contributed by atoms with Crippen LogP contribution in [0.25, 0.3) is 17.2 Å². The quantitative estimate of drug-likeness (QED) is 0.166. The molecule has 0 radical (unpaired) electrons. The van der Waals surface area contributed by atoms with Crippen LogP contribution in [0, 0.1) is 6.92 Å². The number of carbonyl (C=O) groups is 2. The molecule has 3 aromatic carbocycles. The van der Waals surface area contributed by atoms with Crippen molar-refractivity contribution in [2.24, 2.45) is 0 Å². The number of rotatable bonds is 10. The minimum atomic E-state index is -4.62. The number of fused-ring (bicyclic) bond motifs is 2. The molecule has 9 rings (SSSR count). The number of piperazine rings is 1. The van der Waals surface area contributed by atoms with E-state index < -0.39 is 23.2 Å². The maximum Gasteiger partial charge on any atom is 0.416 e. The van der Waals surface area contributed by atoms with Crippen molar-refractivity contribution in [3.8, 4) is 22.9 Å². The van der Waals surface area contributed by atoms with E-state index >= 15 is 0 Å².